The molecule has 0 amide bonds. The molecule has 0 spiro atoms. The fourth-order valence-corrected chi connectivity index (χ4v) is 0.245. The summed E-state index contributed by atoms with van der Waals surface area (Å²) in [7, 11) is -4.04. The minimum absolute atomic E-state index is 0.826. The first-order valence-electron chi connectivity index (χ1n) is 1.38. The van der Waals surface area contributed by atoms with Crippen LogP contribution < -0.4 is 5.48 Å². The second-order valence-electron chi connectivity index (χ2n) is 0.884. The van der Waals surface area contributed by atoms with Crippen LogP contribution in [0.3, 0.4) is 0 Å². The monoisotopic (exact) mass is 127 g/mol. The van der Waals surface area contributed by atoms with Gasteiger partial charge >= 0.3 is 0 Å². The van der Waals surface area contributed by atoms with Crippen molar-refractivity contribution in [3.05, 3.63) is 0 Å². The van der Waals surface area contributed by atoms with E-state index >= 15 is 0 Å². The maximum Gasteiger partial charge on any atom is 0.280 e. The van der Waals surface area contributed by atoms with E-state index < -0.39 is 16.0 Å². The minimum atomic E-state index is -4.04. The third-order valence-electron chi connectivity index (χ3n) is 0.247. The van der Waals surface area contributed by atoms with Gasteiger partial charge < -0.3 is 5.21 Å². The zero-order valence-corrected chi connectivity index (χ0v) is 4.14. The van der Waals surface area contributed by atoms with Crippen LogP contribution >= 0.6 is 0 Å². The third-order valence-corrected chi connectivity index (χ3v) is 0.741. The summed E-state index contributed by atoms with van der Waals surface area (Å²) in [5.74, 6) is -0.826. The Morgan fingerprint density at radius 3 is 2.00 bits per heavy atom. The summed E-state index contributed by atoms with van der Waals surface area (Å²) in [4.78, 5) is 0. The van der Waals surface area contributed by atoms with Gasteiger partial charge in [0.25, 0.3) is 10.1 Å². The molecule has 0 radical (unpaired) electrons. The van der Waals surface area contributed by atoms with Crippen LogP contribution in [0.1, 0.15) is 0 Å². The number of hydrogen-bond donors (Lipinski definition) is 3. The molecule has 0 fully saturated rings. The van der Waals surface area contributed by atoms with Crippen molar-refractivity contribution in [2.45, 2.75) is 0 Å². The molecule has 0 aromatic heterocycles. The number of hydroxylamine groups is 1. The summed E-state index contributed by atoms with van der Waals surface area (Å²) >= 11 is 0. The molecule has 7 heavy (non-hydrogen) atoms. The van der Waals surface area contributed by atoms with E-state index in [1.165, 1.54) is 5.48 Å². The highest BCUT2D eigenvalue weighted by Gasteiger charge is 1.98. The smallest absolute Gasteiger partial charge is 0.280 e. The molecule has 0 aromatic rings. The normalized spacial score (nSPS) is 11.7. The Morgan fingerprint density at radius 2 is 2.00 bits per heavy atom. The van der Waals surface area contributed by atoms with E-state index in [2.05, 4.69) is 0 Å². The lowest BCUT2D eigenvalue weighted by Gasteiger charge is -1.88. The average molecular weight is 127 g/mol. The molecule has 0 saturated heterocycles. The van der Waals surface area contributed by atoms with Gasteiger partial charge in [-0.25, -0.2) is 0 Å². The lowest BCUT2D eigenvalue weighted by atomic mass is 11.5. The summed E-state index contributed by atoms with van der Waals surface area (Å²) in [5.41, 5.74) is 1.27. The van der Waals surface area contributed by atoms with Gasteiger partial charge in [-0.3, -0.25) is 4.55 Å². The van der Waals surface area contributed by atoms with Crippen LogP contribution in [0.25, 0.3) is 0 Å². The maximum absolute atomic E-state index is 9.56. The molecule has 0 aromatic carbocycles. The maximum atomic E-state index is 9.56. The molecular formula is CH5NO4S. The molecule has 0 aliphatic rings. The minimum Gasteiger partial charge on any atom is -0.316 e. The van der Waals surface area contributed by atoms with E-state index in [-0.39, 0.29) is 0 Å². The Balaban J connectivity index is 3.60. The van der Waals surface area contributed by atoms with E-state index in [4.69, 9.17) is 9.76 Å². The second kappa shape index (κ2) is 2.22. The van der Waals surface area contributed by atoms with Crippen LogP contribution in [0.15, 0.2) is 0 Å². The molecule has 6 heteroatoms. The Hall–Kier alpha value is -0.170. The number of hydrogen-bond acceptors (Lipinski definition) is 4. The van der Waals surface area contributed by atoms with Gasteiger partial charge in [0, 0.05) is 0 Å². The Morgan fingerprint density at radius 1 is 1.57 bits per heavy atom. The van der Waals surface area contributed by atoms with Gasteiger partial charge in [-0.15, -0.1) is 0 Å². The second-order valence-corrected chi connectivity index (χ2v) is 2.34. The molecule has 5 nitrogen and oxygen atoms in total. The van der Waals surface area contributed by atoms with Gasteiger partial charge in [0.1, 0.15) is 5.88 Å². The Bertz CT molecular complexity index is 125. The van der Waals surface area contributed by atoms with Crippen LogP contribution in [0.2, 0.25) is 0 Å². The third kappa shape index (κ3) is 5.83. The van der Waals surface area contributed by atoms with E-state index in [1.807, 2.05) is 0 Å². The zero-order chi connectivity index (χ0) is 5.91. The predicted molar refractivity (Wildman–Crippen MR) is 21.3 cm³/mol. The lowest BCUT2D eigenvalue weighted by molar-refractivity contribution is 0.183. The van der Waals surface area contributed by atoms with Gasteiger partial charge in [-0.2, -0.15) is 13.9 Å². The summed E-state index contributed by atoms with van der Waals surface area (Å²) < 4.78 is 26.9. The number of nitrogens with one attached hydrogen (secondary N) is 1. The van der Waals surface area contributed by atoms with Crippen LogP contribution in [0.4, 0.5) is 0 Å². The van der Waals surface area contributed by atoms with Crippen LogP contribution in [-0.4, -0.2) is 24.1 Å². The highest BCUT2D eigenvalue weighted by Crippen LogP contribution is 1.71. The van der Waals surface area contributed by atoms with Crippen molar-refractivity contribution in [2.75, 3.05) is 5.88 Å². The SMILES string of the molecule is O=S(=O)(O)CNO. The van der Waals surface area contributed by atoms with Crippen molar-refractivity contribution in [2.24, 2.45) is 0 Å². The van der Waals surface area contributed by atoms with Crippen molar-refractivity contribution in [1.29, 1.82) is 0 Å². The summed E-state index contributed by atoms with van der Waals surface area (Å²) in [6.07, 6.45) is 0. The number of rotatable bonds is 2. The van der Waals surface area contributed by atoms with Crippen molar-refractivity contribution >= 4 is 10.1 Å². The van der Waals surface area contributed by atoms with Crippen LogP contribution in [0.5, 0.6) is 0 Å². The summed E-state index contributed by atoms with van der Waals surface area (Å²) in [5, 5.41) is 7.61. The van der Waals surface area contributed by atoms with Crippen molar-refractivity contribution in [3.8, 4) is 0 Å². The molecule has 0 unspecified atom stereocenters. The van der Waals surface area contributed by atoms with E-state index in [1.54, 1.807) is 0 Å². The average Bonchev–Trinajstić information content (AvgIpc) is 1.30. The zero-order valence-electron chi connectivity index (χ0n) is 3.33. The molecule has 0 bridgehead atoms. The van der Waals surface area contributed by atoms with Gasteiger partial charge in [-0.05, 0) is 0 Å². The molecule has 0 saturated carbocycles. The molecule has 0 rings (SSSR count). The quantitative estimate of drug-likeness (QED) is 0.321. The lowest BCUT2D eigenvalue weighted by Crippen LogP contribution is -2.18. The fraction of sp³-hybridized carbons (Fsp3) is 1.00. The molecule has 44 valence electrons. The first kappa shape index (κ1) is 6.83. The van der Waals surface area contributed by atoms with Crippen molar-refractivity contribution < 1.29 is 18.2 Å². The molecule has 0 aliphatic carbocycles. The summed E-state index contributed by atoms with van der Waals surface area (Å²) in [6, 6.07) is 0. The molecule has 0 heterocycles. The van der Waals surface area contributed by atoms with Gasteiger partial charge in [0.2, 0.25) is 0 Å². The first-order chi connectivity index (χ1) is 3.06. The Kier molecular flexibility index (Phi) is 2.16. The van der Waals surface area contributed by atoms with Gasteiger partial charge in [-0.1, -0.05) is 0 Å². The molecule has 0 aliphatic heterocycles. The van der Waals surface area contributed by atoms with Crippen LogP contribution in [0, 0.1) is 0 Å². The largest absolute Gasteiger partial charge is 0.316 e. The predicted octanol–water partition coefficient (Wildman–Crippen LogP) is -1.19. The van der Waals surface area contributed by atoms with Crippen LogP contribution in [-0.2, 0) is 10.1 Å². The highest BCUT2D eigenvalue weighted by atomic mass is 32.2. The highest BCUT2D eigenvalue weighted by molar-refractivity contribution is 7.85. The standard InChI is InChI=1S/CH5NO4S/c3-2-1-7(4,5)6/h2-3H,1H2,(H,4,5,6). The molecule has 0 atom stereocenters. The van der Waals surface area contributed by atoms with E-state index in [0.29, 0.717) is 0 Å². The van der Waals surface area contributed by atoms with Crippen molar-refractivity contribution in [3.63, 3.8) is 0 Å². The first-order valence-corrected chi connectivity index (χ1v) is 2.99. The molecule has 3 N–H and O–H groups in total. The van der Waals surface area contributed by atoms with E-state index in [0.717, 1.165) is 0 Å². The topological polar surface area (TPSA) is 86.6 Å². The van der Waals surface area contributed by atoms with Crippen molar-refractivity contribution in [1.82, 2.24) is 5.48 Å². The van der Waals surface area contributed by atoms with E-state index in [9.17, 15) is 8.42 Å². The molecular weight excluding hydrogens is 122 g/mol. The fourth-order valence-electron chi connectivity index (χ4n) is 0.0816. The van der Waals surface area contributed by atoms with Gasteiger partial charge in [0.05, 0.1) is 0 Å². The summed E-state index contributed by atoms with van der Waals surface area (Å²) in [6.45, 7) is 0. The van der Waals surface area contributed by atoms with Gasteiger partial charge in [0.15, 0.2) is 0 Å². The Labute approximate surface area is 40.7 Å².